The summed E-state index contributed by atoms with van der Waals surface area (Å²) in [7, 11) is 0. The van der Waals surface area contributed by atoms with Gasteiger partial charge >= 0.3 is 5.84 Å². The molecular weight excluding hydrogens is 322 g/mol. The van der Waals surface area contributed by atoms with Crippen molar-refractivity contribution in [2.75, 3.05) is 0 Å². The average Bonchev–Trinajstić information content (AvgIpc) is 2.34. The predicted molar refractivity (Wildman–Crippen MR) is 84.0 cm³/mol. The van der Waals surface area contributed by atoms with Gasteiger partial charge in [0.05, 0.1) is 0 Å². The maximum absolute atomic E-state index is 6.13. The summed E-state index contributed by atoms with van der Waals surface area (Å²) >= 11 is 17.1. The van der Waals surface area contributed by atoms with Crippen LogP contribution in [0.15, 0.2) is 48.5 Å². The van der Waals surface area contributed by atoms with Crippen molar-refractivity contribution in [1.82, 2.24) is 0 Å². The third kappa shape index (κ3) is 4.70. The standard InChI is InChI=1S/C13H11Cl2O2PS/c1-10-2-6-12(7-3-10)16-18(15,19)17-13-8-4-11(14)5-9-13/h2-9H,1H3. The molecule has 2 aromatic carbocycles. The van der Waals surface area contributed by atoms with Crippen LogP contribution < -0.4 is 9.05 Å². The summed E-state index contributed by atoms with van der Waals surface area (Å²) in [6.45, 7) is 1.99. The first kappa shape index (κ1) is 14.7. The van der Waals surface area contributed by atoms with Crippen LogP contribution in [0.2, 0.25) is 5.02 Å². The highest BCUT2D eigenvalue weighted by Crippen LogP contribution is 2.53. The van der Waals surface area contributed by atoms with Crippen molar-refractivity contribution in [3.63, 3.8) is 0 Å². The molecular formula is C13H11Cl2O2PS. The lowest BCUT2D eigenvalue weighted by Crippen LogP contribution is -1.94. The van der Waals surface area contributed by atoms with Crippen molar-refractivity contribution in [2.45, 2.75) is 6.92 Å². The predicted octanol–water partition coefficient (Wildman–Crippen LogP) is 5.57. The second-order valence-corrected chi connectivity index (χ2v) is 8.92. The van der Waals surface area contributed by atoms with E-state index in [1.807, 2.05) is 31.2 Å². The van der Waals surface area contributed by atoms with E-state index >= 15 is 0 Å². The smallest absolute Gasteiger partial charge is 0.384 e. The van der Waals surface area contributed by atoms with E-state index in [1.165, 1.54) is 0 Å². The van der Waals surface area contributed by atoms with Gasteiger partial charge in [0.25, 0.3) is 0 Å². The Bertz CT molecular complexity index is 548. The first-order chi connectivity index (χ1) is 8.94. The van der Waals surface area contributed by atoms with Gasteiger partial charge in [0.1, 0.15) is 11.5 Å². The largest absolute Gasteiger partial charge is 0.425 e. The molecule has 6 heteroatoms. The van der Waals surface area contributed by atoms with E-state index in [2.05, 4.69) is 0 Å². The lowest BCUT2D eigenvalue weighted by molar-refractivity contribution is 0.505. The van der Waals surface area contributed by atoms with E-state index in [4.69, 9.17) is 43.7 Å². The molecule has 0 N–H and O–H groups in total. The molecule has 0 amide bonds. The Morgan fingerprint density at radius 1 is 0.895 bits per heavy atom. The number of halogens is 2. The van der Waals surface area contributed by atoms with Crippen LogP contribution >= 0.6 is 28.7 Å². The van der Waals surface area contributed by atoms with Crippen LogP contribution in [-0.4, -0.2) is 0 Å². The van der Waals surface area contributed by atoms with E-state index in [1.54, 1.807) is 24.3 Å². The average molecular weight is 333 g/mol. The highest BCUT2D eigenvalue weighted by atomic mass is 35.7. The van der Waals surface area contributed by atoms with Crippen LogP contribution in [0, 0.1) is 6.92 Å². The van der Waals surface area contributed by atoms with Crippen LogP contribution in [-0.2, 0) is 11.8 Å². The van der Waals surface area contributed by atoms with Crippen LogP contribution in [0.5, 0.6) is 11.5 Å². The molecule has 19 heavy (non-hydrogen) atoms. The summed E-state index contributed by atoms with van der Waals surface area (Å²) in [5, 5.41) is 0.620. The van der Waals surface area contributed by atoms with E-state index in [-0.39, 0.29) is 0 Å². The zero-order valence-corrected chi connectivity index (χ0v) is 13.3. The lowest BCUT2D eigenvalue weighted by atomic mass is 10.2. The first-order valence-corrected chi connectivity index (χ1v) is 9.38. The molecule has 0 saturated carbocycles. The molecule has 0 spiro atoms. The van der Waals surface area contributed by atoms with Gasteiger partial charge in [0.2, 0.25) is 0 Å². The zero-order valence-electron chi connectivity index (χ0n) is 10.0. The molecule has 1 unspecified atom stereocenters. The van der Waals surface area contributed by atoms with Gasteiger partial charge in [-0.3, -0.25) is 0 Å². The minimum absolute atomic E-state index is 0.537. The molecule has 0 aromatic heterocycles. The van der Waals surface area contributed by atoms with Crippen molar-refractivity contribution >= 4 is 40.5 Å². The number of rotatable bonds is 4. The Morgan fingerprint density at radius 2 is 1.32 bits per heavy atom. The monoisotopic (exact) mass is 332 g/mol. The van der Waals surface area contributed by atoms with Gasteiger partial charge < -0.3 is 9.05 Å². The maximum Gasteiger partial charge on any atom is 0.384 e. The second kappa shape index (κ2) is 6.15. The van der Waals surface area contributed by atoms with Gasteiger partial charge in [-0.25, -0.2) is 0 Å². The Kier molecular flexibility index (Phi) is 4.75. The molecule has 1 atom stereocenters. The van der Waals surface area contributed by atoms with Crippen molar-refractivity contribution in [3.8, 4) is 11.5 Å². The molecule has 2 nitrogen and oxygen atoms in total. The summed E-state index contributed by atoms with van der Waals surface area (Å²) in [5.74, 6) is -1.77. The number of hydrogen-bond acceptors (Lipinski definition) is 3. The van der Waals surface area contributed by atoms with Crippen LogP contribution in [0.4, 0.5) is 0 Å². The third-order valence-electron chi connectivity index (χ3n) is 2.26. The molecule has 0 radical (unpaired) electrons. The minimum Gasteiger partial charge on any atom is -0.425 e. The van der Waals surface area contributed by atoms with Gasteiger partial charge in [-0.05, 0) is 54.6 Å². The van der Waals surface area contributed by atoms with Crippen molar-refractivity contribution < 1.29 is 9.05 Å². The Hall–Kier alpha value is -0.730. The molecule has 0 aliphatic carbocycles. The van der Waals surface area contributed by atoms with E-state index in [0.29, 0.717) is 16.5 Å². The van der Waals surface area contributed by atoms with Crippen LogP contribution in [0.25, 0.3) is 0 Å². The molecule has 2 aromatic rings. The topological polar surface area (TPSA) is 18.5 Å². The SMILES string of the molecule is Cc1ccc(OP(=S)(Cl)Oc2ccc(Cl)cc2)cc1. The molecule has 2 rings (SSSR count). The Morgan fingerprint density at radius 3 is 1.79 bits per heavy atom. The van der Waals surface area contributed by atoms with E-state index in [0.717, 1.165) is 5.56 Å². The summed E-state index contributed by atoms with van der Waals surface area (Å²) in [4.78, 5) is 0. The summed E-state index contributed by atoms with van der Waals surface area (Å²) in [6.07, 6.45) is 0. The van der Waals surface area contributed by atoms with Crippen molar-refractivity contribution in [1.29, 1.82) is 0 Å². The summed E-state index contributed by atoms with van der Waals surface area (Å²) in [5.41, 5.74) is 1.13. The molecule has 100 valence electrons. The third-order valence-corrected chi connectivity index (χ3v) is 4.23. The van der Waals surface area contributed by atoms with Gasteiger partial charge in [0, 0.05) is 16.8 Å². The quantitative estimate of drug-likeness (QED) is 0.682. The Balaban J connectivity index is 2.08. The highest BCUT2D eigenvalue weighted by molar-refractivity contribution is 8.22. The van der Waals surface area contributed by atoms with Gasteiger partial charge in [0.15, 0.2) is 0 Å². The molecule has 0 aliphatic rings. The Labute approximate surface area is 127 Å². The lowest BCUT2D eigenvalue weighted by Gasteiger charge is -2.17. The number of aryl methyl sites for hydroxylation is 1. The number of benzene rings is 2. The van der Waals surface area contributed by atoms with E-state index < -0.39 is 5.84 Å². The van der Waals surface area contributed by atoms with Crippen LogP contribution in [0.1, 0.15) is 5.56 Å². The highest BCUT2D eigenvalue weighted by Gasteiger charge is 2.18. The van der Waals surface area contributed by atoms with Gasteiger partial charge in [-0.15, -0.1) is 0 Å². The van der Waals surface area contributed by atoms with Crippen molar-refractivity contribution in [2.24, 2.45) is 0 Å². The summed E-state index contributed by atoms with van der Waals surface area (Å²) < 4.78 is 11.0. The van der Waals surface area contributed by atoms with Gasteiger partial charge in [-0.1, -0.05) is 29.3 Å². The molecule has 0 bridgehead atoms. The normalized spacial score (nSPS) is 13.6. The second-order valence-electron chi connectivity index (χ2n) is 3.88. The fourth-order valence-corrected chi connectivity index (χ4v) is 3.27. The first-order valence-electron chi connectivity index (χ1n) is 5.46. The fourth-order valence-electron chi connectivity index (χ4n) is 1.37. The summed E-state index contributed by atoms with van der Waals surface area (Å²) in [6, 6.07) is 14.3. The molecule has 0 heterocycles. The van der Waals surface area contributed by atoms with Gasteiger partial charge in [-0.2, -0.15) is 0 Å². The van der Waals surface area contributed by atoms with Crippen molar-refractivity contribution in [3.05, 3.63) is 59.1 Å². The maximum atomic E-state index is 6.13. The van der Waals surface area contributed by atoms with Crippen LogP contribution in [0.3, 0.4) is 0 Å². The molecule has 0 aliphatic heterocycles. The minimum atomic E-state index is -2.90. The number of hydrogen-bond donors (Lipinski definition) is 0. The van der Waals surface area contributed by atoms with E-state index in [9.17, 15) is 0 Å². The molecule has 0 saturated heterocycles. The fraction of sp³-hybridized carbons (Fsp3) is 0.0769. The molecule has 0 fully saturated rings. The zero-order chi connectivity index (χ0) is 13.9.